The highest BCUT2D eigenvalue weighted by atomic mass is 35.5. The second-order valence-corrected chi connectivity index (χ2v) is 12.5. The maximum atomic E-state index is 10.8. The first-order chi connectivity index (χ1) is 23.5. The Labute approximate surface area is 299 Å². The molecule has 248 valence electrons. The van der Waals surface area contributed by atoms with Gasteiger partial charge in [-0.05, 0) is 117 Å². The van der Waals surface area contributed by atoms with Gasteiger partial charge in [0.25, 0.3) is 0 Å². The molecule has 1 aliphatic carbocycles. The van der Waals surface area contributed by atoms with E-state index in [1.54, 1.807) is 18.3 Å². The predicted molar refractivity (Wildman–Crippen MR) is 206 cm³/mol. The van der Waals surface area contributed by atoms with Crippen LogP contribution in [0.1, 0.15) is 26.3 Å². The van der Waals surface area contributed by atoms with Gasteiger partial charge in [-0.15, -0.1) is 0 Å². The SMILES string of the molecule is CC(=O)Nc1ccc(/C=N/NC(N)=S)cc1.CC(C)/N=c1\cc2n(-c3ccc(Cl)cc3)c3ccccc3nc-2cc1Nc1ccc(Cl)cc1. The quantitative estimate of drug-likeness (QED) is 0.0573. The van der Waals surface area contributed by atoms with Crippen molar-refractivity contribution in [2.45, 2.75) is 26.8 Å². The molecule has 1 heterocycles. The summed E-state index contributed by atoms with van der Waals surface area (Å²) in [5.41, 5.74) is 15.9. The Balaban J connectivity index is 0.000000247. The second kappa shape index (κ2) is 16.2. The molecule has 0 saturated heterocycles. The van der Waals surface area contributed by atoms with E-state index in [4.69, 9.17) is 38.9 Å². The normalized spacial score (nSPS) is 11.4. The molecular weight excluding hydrogens is 675 g/mol. The third-order valence-corrected chi connectivity index (χ3v) is 7.52. The Kier molecular flexibility index (Phi) is 11.6. The third-order valence-electron chi connectivity index (χ3n) is 6.92. The smallest absolute Gasteiger partial charge is 0.221 e. The molecule has 5 N–H and O–H groups in total. The van der Waals surface area contributed by atoms with Crippen molar-refractivity contribution in [3.05, 3.63) is 130 Å². The number of carbonyl (C=O) groups is 1. The maximum absolute atomic E-state index is 10.8. The number of nitrogens with zero attached hydrogens (tertiary/aromatic N) is 4. The van der Waals surface area contributed by atoms with Gasteiger partial charge in [-0.25, -0.2) is 4.98 Å². The predicted octanol–water partition coefficient (Wildman–Crippen LogP) is 8.30. The Morgan fingerprint density at radius 1 is 0.898 bits per heavy atom. The molecule has 0 atom stereocenters. The highest BCUT2D eigenvalue weighted by Gasteiger charge is 2.17. The van der Waals surface area contributed by atoms with Crippen LogP contribution < -0.4 is 27.2 Å². The van der Waals surface area contributed by atoms with Gasteiger partial charge < -0.3 is 20.9 Å². The zero-order valence-electron chi connectivity index (χ0n) is 27.0. The number of anilines is 3. The van der Waals surface area contributed by atoms with E-state index in [1.165, 1.54) is 6.92 Å². The molecule has 4 aromatic rings. The van der Waals surface area contributed by atoms with Crippen LogP contribution in [0.4, 0.5) is 17.1 Å². The number of hydrogen-bond donors (Lipinski definition) is 4. The van der Waals surface area contributed by atoms with Gasteiger partial charge in [-0.2, -0.15) is 5.10 Å². The van der Waals surface area contributed by atoms with Gasteiger partial charge in [0.2, 0.25) is 5.91 Å². The highest BCUT2D eigenvalue weighted by Crippen LogP contribution is 2.31. The number of hydrogen-bond acceptors (Lipinski definition) is 6. The van der Waals surface area contributed by atoms with Crippen molar-refractivity contribution in [2.75, 3.05) is 10.6 Å². The van der Waals surface area contributed by atoms with Crippen molar-refractivity contribution in [3.8, 4) is 17.1 Å². The van der Waals surface area contributed by atoms with Crippen LogP contribution in [0.3, 0.4) is 0 Å². The number of amides is 1. The van der Waals surface area contributed by atoms with Crippen LogP contribution in [-0.2, 0) is 4.79 Å². The van der Waals surface area contributed by atoms with Crippen LogP contribution in [0.5, 0.6) is 0 Å². The number of carbonyl (C=O) groups excluding carboxylic acids is 1. The summed E-state index contributed by atoms with van der Waals surface area (Å²) in [6, 6.07) is 35.1. The molecule has 0 saturated carbocycles. The lowest BCUT2D eigenvalue weighted by molar-refractivity contribution is -0.114. The summed E-state index contributed by atoms with van der Waals surface area (Å²) in [4.78, 5) is 20.6. The third kappa shape index (κ3) is 9.64. The summed E-state index contributed by atoms with van der Waals surface area (Å²) in [6.07, 6.45) is 1.58. The van der Waals surface area contributed by atoms with Crippen LogP contribution in [-0.4, -0.2) is 32.8 Å². The summed E-state index contributed by atoms with van der Waals surface area (Å²) < 4.78 is 2.21. The van der Waals surface area contributed by atoms with E-state index in [0.29, 0.717) is 10.0 Å². The van der Waals surface area contributed by atoms with E-state index < -0.39 is 0 Å². The van der Waals surface area contributed by atoms with Crippen molar-refractivity contribution < 1.29 is 4.79 Å². The number of para-hydroxylation sites is 2. The number of rotatable bonds is 7. The molecule has 49 heavy (non-hydrogen) atoms. The molecule has 1 aliphatic heterocycles. The summed E-state index contributed by atoms with van der Waals surface area (Å²) in [7, 11) is 0. The molecule has 0 unspecified atom stereocenters. The van der Waals surface area contributed by atoms with E-state index in [0.717, 1.165) is 56.1 Å². The van der Waals surface area contributed by atoms with Gasteiger partial charge in [-0.1, -0.05) is 47.5 Å². The second-order valence-electron chi connectivity index (χ2n) is 11.2. The molecule has 0 radical (unpaired) electrons. The zero-order chi connectivity index (χ0) is 34.9. The van der Waals surface area contributed by atoms with Gasteiger partial charge in [0.1, 0.15) is 0 Å². The first kappa shape index (κ1) is 35.0. The minimum Gasteiger partial charge on any atom is -0.375 e. The number of benzene rings is 5. The molecule has 0 fully saturated rings. The minimum absolute atomic E-state index is 0.100. The Morgan fingerprint density at radius 2 is 1.53 bits per heavy atom. The highest BCUT2D eigenvalue weighted by molar-refractivity contribution is 7.80. The maximum Gasteiger partial charge on any atom is 0.221 e. The Morgan fingerprint density at radius 3 is 2.16 bits per heavy atom. The van der Waals surface area contributed by atoms with Crippen molar-refractivity contribution in [1.82, 2.24) is 15.0 Å². The van der Waals surface area contributed by atoms with Gasteiger partial charge in [-0.3, -0.25) is 15.2 Å². The summed E-state index contributed by atoms with van der Waals surface area (Å²) in [6.45, 7) is 5.60. The molecular formula is C37H34Cl2N8OS. The molecule has 4 aromatic carbocycles. The van der Waals surface area contributed by atoms with Crippen molar-refractivity contribution in [1.29, 1.82) is 0 Å². The summed E-state index contributed by atoms with van der Waals surface area (Å²) >= 11 is 16.8. The first-order valence-corrected chi connectivity index (χ1v) is 16.5. The van der Waals surface area contributed by atoms with Gasteiger partial charge in [0, 0.05) is 40.1 Å². The van der Waals surface area contributed by atoms with E-state index in [1.807, 2.05) is 78.9 Å². The number of aromatic nitrogens is 2. The van der Waals surface area contributed by atoms with E-state index >= 15 is 0 Å². The standard InChI is InChI=1S/C27H22Cl2N4.C10H12N4OS/c1-17(2)30-24-16-27-25(15-23(24)31-20-11-7-18(28)8-12-20)32-22-5-3-4-6-26(22)33(27)21-13-9-19(29)10-14-21;1-7(15)13-9-4-2-8(3-5-9)6-12-14-10(11)16/h3-17,31H,1-2H3;2-6H,1H3,(H,13,15)(H3,11,14,16)/b30-24+;12-6+. The number of nitrogens with one attached hydrogen (secondary N) is 3. The van der Waals surface area contributed by atoms with Gasteiger partial charge in [0.05, 0.1) is 39.7 Å². The number of thiocarbonyl (C=S) groups is 1. The van der Waals surface area contributed by atoms with E-state index in [2.05, 4.69) is 70.0 Å². The van der Waals surface area contributed by atoms with E-state index in [-0.39, 0.29) is 17.1 Å². The van der Waals surface area contributed by atoms with Crippen LogP contribution >= 0.6 is 35.4 Å². The summed E-state index contributed by atoms with van der Waals surface area (Å²) in [5, 5.41) is 12.3. The monoisotopic (exact) mass is 708 g/mol. The lowest BCUT2D eigenvalue weighted by Crippen LogP contribution is -2.23. The number of hydrazone groups is 1. The fraction of sp³-hybridized carbons (Fsp3) is 0.108. The molecule has 12 heteroatoms. The Hall–Kier alpha value is -5.29. The largest absolute Gasteiger partial charge is 0.375 e. The average molecular weight is 710 g/mol. The number of fused-ring (bicyclic) bond motifs is 2. The van der Waals surface area contributed by atoms with E-state index in [9.17, 15) is 4.79 Å². The molecule has 0 aromatic heterocycles. The molecule has 2 aliphatic rings. The molecule has 6 rings (SSSR count). The lowest BCUT2D eigenvalue weighted by Gasteiger charge is -2.20. The number of nitrogens with two attached hydrogens (primary N) is 1. The Bertz CT molecular complexity index is 2150. The van der Waals surface area contributed by atoms with Crippen LogP contribution in [0.25, 0.3) is 28.1 Å². The zero-order valence-corrected chi connectivity index (χ0v) is 29.3. The van der Waals surface area contributed by atoms with Crippen molar-refractivity contribution >= 4 is 80.7 Å². The number of halogens is 2. The van der Waals surface area contributed by atoms with Crippen LogP contribution in [0.2, 0.25) is 10.0 Å². The van der Waals surface area contributed by atoms with Crippen LogP contribution in [0, 0.1) is 0 Å². The lowest BCUT2D eigenvalue weighted by atomic mass is 10.1. The molecule has 0 bridgehead atoms. The average Bonchev–Trinajstić information content (AvgIpc) is 3.06. The van der Waals surface area contributed by atoms with Gasteiger partial charge >= 0.3 is 0 Å². The van der Waals surface area contributed by atoms with Crippen molar-refractivity contribution in [2.24, 2.45) is 15.8 Å². The fourth-order valence-corrected chi connectivity index (χ4v) is 5.21. The van der Waals surface area contributed by atoms with Crippen molar-refractivity contribution in [3.63, 3.8) is 0 Å². The minimum atomic E-state index is -0.100. The molecule has 0 spiro atoms. The molecule has 9 nitrogen and oxygen atoms in total. The topological polar surface area (TPSA) is 122 Å². The van der Waals surface area contributed by atoms with Crippen LogP contribution in [0.15, 0.2) is 119 Å². The molecule has 1 amide bonds. The van der Waals surface area contributed by atoms with Gasteiger partial charge in [0.15, 0.2) is 5.11 Å². The first-order valence-electron chi connectivity index (χ1n) is 15.3. The summed E-state index contributed by atoms with van der Waals surface area (Å²) in [5.74, 6) is -0.100. The fourth-order valence-electron chi connectivity index (χ4n) is 4.91.